The Morgan fingerprint density at radius 1 is 1.14 bits per heavy atom. The number of alkyl halides is 1. The highest BCUT2D eigenvalue weighted by molar-refractivity contribution is 6.04. The van der Waals surface area contributed by atoms with Gasteiger partial charge in [0.05, 0.1) is 12.2 Å². The Morgan fingerprint density at radius 3 is 2.58 bits per heavy atom. The molecule has 2 atom stereocenters. The highest BCUT2D eigenvalue weighted by Crippen LogP contribution is 2.46. The first kappa shape index (κ1) is 27.7. The molecule has 0 amide bonds. The summed E-state index contributed by atoms with van der Waals surface area (Å²) in [5.74, 6) is 2.43. The first-order valence-electron chi connectivity index (χ1n) is 14.7. The van der Waals surface area contributed by atoms with E-state index in [1.165, 1.54) is 18.2 Å². The summed E-state index contributed by atoms with van der Waals surface area (Å²) >= 11 is 0. The number of nitrogens with one attached hydrogen (secondary N) is 1. The number of hydrogen-bond acceptors (Lipinski definition) is 8. The van der Waals surface area contributed by atoms with Crippen molar-refractivity contribution < 1.29 is 18.6 Å². The van der Waals surface area contributed by atoms with Crippen LogP contribution in [0, 0.1) is 23.6 Å². The predicted molar refractivity (Wildman–Crippen MR) is 163 cm³/mol. The lowest BCUT2D eigenvalue weighted by Crippen LogP contribution is -2.51. The number of pyridine rings is 1. The van der Waals surface area contributed by atoms with Gasteiger partial charge in [0.1, 0.15) is 29.3 Å². The third-order valence-electron chi connectivity index (χ3n) is 9.03. The van der Waals surface area contributed by atoms with Crippen molar-refractivity contribution in [2.45, 2.75) is 44.4 Å². The number of phenolic OH excluding ortho intramolecular Hbond substituents is 1. The third kappa shape index (κ3) is 5.00. The van der Waals surface area contributed by atoms with Gasteiger partial charge >= 0.3 is 6.01 Å². The summed E-state index contributed by atoms with van der Waals surface area (Å²) in [4.78, 5) is 18.8. The SMILES string of the molecule is C#Cc1c(F)ccc2cc(O)cc(-c3cnc4c(N5CC6CC[C@H](C5)N6)nc(OCC5(CN(C)C)CC5)nc4c3CF)c12. The topological polar surface area (TPSA) is 86.6 Å². The summed E-state index contributed by atoms with van der Waals surface area (Å²) < 4.78 is 36.3. The van der Waals surface area contributed by atoms with Gasteiger partial charge in [-0.2, -0.15) is 9.97 Å². The molecule has 2 N–H and O–H groups in total. The maximum atomic E-state index is 15.2. The van der Waals surface area contributed by atoms with Crippen molar-refractivity contribution in [1.29, 1.82) is 0 Å². The highest BCUT2D eigenvalue weighted by Gasteiger charge is 2.44. The number of piperazine rings is 1. The van der Waals surface area contributed by atoms with Gasteiger partial charge in [0.15, 0.2) is 5.82 Å². The number of fused-ring (bicyclic) bond motifs is 4. The smallest absolute Gasteiger partial charge is 0.319 e. The fraction of sp³-hybridized carbons (Fsp3) is 0.424. The quantitative estimate of drug-likeness (QED) is 0.286. The van der Waals surface area contributed by atoms with Crippen molar-refractivity contribution in [2.75, 3.05) is 45.2 Å². The van der Waals surface area contributed by atoms with Gasteiger partial charge in [0.25, 0.3) is 0 Å². The number of aromatic nitrogens is 3. The number of terminal acetylenes is 1. The molecule has 3 aliphatic rings. The van der Waals surface area contributed by atoms with Crippen molar-refractivity contribution in [1.82, 2.24) is 25.2 Å². The number of phenols is 1. The summed E-state index contributed by atoms with van der Waals surface area (Å²) in [6.45, 7) is 1.99. The van der Waals surface area contributed by atoms with E-state index >= 15 is 4.39 Å². The molecule has 10 heteroatoms. The van der Waals surface area contributed by atoms with Crippen molar-refractivity contribution in [3.63, 3.8) is 0 Å². The fourth-order valence-electron chi connectivity index (χ4n) is 6.90. The molecule has 2 aromatic heterocycles. The van der Waals surface area contributed by atoms with E-state index in [9.17, 15) is 9.50 Å². The molecule has 222 valence electrons. The maximum Gasteiger partial charge on any atom is 0.319 e. The standard InChI is InChI=1S/C33H34F2N6O2/c1-4-23-27(35)8-5-19-11-22(42)12-24(28(19)23)26-14-36-30-29(25(26)13-34)38-32(43-18-33(9-10-33)17-40(2)3)39-31(30)41-15-20-6-7-21(16-41)37-20/h1,5,8,11-12,14,20-21,37,42H,6-7,9-10,13,15-18H2,2-3H3/t20-,21?/m1/s1. The summed E-state index contributed by atoms with van der Waals surface area (Å²) in [5.41, 5.74) is 1.91. The van der Waals surface area contributed by atoms with Gasteiger partial charge in [-0.05, 0) is 68.9 Å². The first-order valence-corrected chi connectivity index (χ1v) is 14.7. The van der Waals surface area contributed by atoms with E-state index < -0.39 is 12.5 Å². The van der Waals surface area contributed by atoms with Gasteiger partial charge in [-0.3, -0.25) is 4.98 Å². The molecule has 4 aromatic rings. The van der Waals surface area contributed by atoms with Crippen LogP contribution in [0.5, 0.6) is 11.8 Å². The molecule has 0 radical (unpaired) electrons. The second-order valence-electron chi connectivity index (χ2n) is 12.5. The van der Waals surface area contributed by atoms with E-state index in [1.807, 2.05) is 14.1 Å². The summed E-state index contributed by atoms with van der Waals surface area (Å²) in [6, 6.07) is 6.67. The van der Waals surface area contributed by atoms with Gasteiger partial charge < -0.3 is 25.0 Å². The lowest BCUT2D eigenvalue weighted by Gasteiger charge is -2.34. The van der Waals surface area contributed by atoms with Crippen LogP contribution in [0.3, 0.4) is 0 Å². The summed E-state index contributed by atoms with van der Waals surface area (Å²) in [6.07, 6.45) is 11.6. The molecule has 8 nitrogen and oxygen atoms in total. The summed E-state index contributed by atoms with van der Waals surface area (Å²) in [5, 5.41) is 15.2. The van der Waals surface area contributed by atoms with Crippen LogP contribution >= 0.6 is 0 Å². The van der Waals surface area contributed by atoms with Gasteiger partial charge in [-0.25, -0.2) is 8.78 Å². The van der Waals surface area contributed by atoms with E-state index in [1.54, 1.807) is 12.3 Å². The lowest BCUT2D eigenvalue weighted by atomic mass is 9.92. The van der Waals surface area contributed by atoms with Crippen LogP contribution in [0.25, 0.3) is 32.9 Å². The zero-order valence-corrected chi connectivity index (χ0v) is 24.3. The van der Waals surface area contributed by atoms with E-state index in [0.29, 0.717) is 57.4 Å². The highest BCUT2D eigenvalue weighted by atomic mass is 19.1. The molecule has 2 saturated heterocycles. The van der Waals surface area contributed by atoms with Crippen LogP contribution in [0.15, 0.2) is 30.5 Å². The number of halogens is 2. The molecule has 2 bridgehead atoms. The number of anilines is 1. The Hall–Kier alpha value is -4.07. The molecule has 7 rings (SSSR count). The largest absolute Gasteiger partial charge is 0.508 e. The van der Waals surface area contributed by atoms with Crippen LogP contribution in [0.2, 0.25) is 0 Å². The Morgan fingerprint density at radius 2 is 1.91 bits per heavy atom. The second-order valence-corrected chi connectivity index (χ2v) is 12.5. The third-order valence-corrected chi connectivity index (χ3v) is 9.03. The minimum Gasteiger partial charge on any atom is -0.508 e. The number of hydrogen-bond donors (Lipinski definition) is 2. The van der Waals surface area contributed by atoms with Gasteiger partial charge in [-0.1, -0.05) is 12.0 Å². The Bertz CT molecular complexity index is 1770. The average molecular weight is 585 g/mol. The van der Waals surface area contributed by atoms with Crippen LogP contribution in [0.1, 0.15) is 36.8 Å². The number of rotatable bonds is 8. The molecule has 1 aliphatic carbocycles. The summed E-state index contributed by atoms with van der Waals surface area (Å²) in [7, 11) is 4.10. The molecule has 43 heavy (non-hydrogen) atoms. The molecule has 3 fully saturated rings. The minimum atomic E-state index is -0.876. The van der Waals surface area contributed by atoms with Crippen molar-refractivity contribution in [2.24, 2.45) is 5.41 Å². The molecule has 0 spiro atoms. The van der Waals surface area contributed by atoms with Crippen molar-refractivity contribution >= 4 is 27.6 Å². The lowest BCUT2D eigenvalue weighted by molar-refractivity contribution is 0.183. The number of ether oxygens (including phenoxy) is 1. The first-order chi connectivity index (χ1) is 20.8. The Labute approximate surface area is 249 Å². The molecule has 2 aliphatic heterocycles. The fourth-order valence-corrected chi connectivity index (χ4v) is 6.90. The monoisotopic (exact) mass is 584 g/mol. The van der Waals surface area contributed by atoms with Crippen LogP contribution in [-0.2, 0) is 6.67 Å². The predicted octanol–water partition coefficient (Wildman–Crippen LogP) is 4.80. The maximum absolute atomic E-state index is 15.2. The normalized spacial score (nSPS) is 20.6. The average Bonchev–Trinajstić information content (AvgIpc) is 3.67. The molecule has 1 saturated carbocycles. The van der Waals surface area contributed by atoms with E-state index in [0.717, 1.165) is 45.3 Å². The zero-order valence-electron chi connectivity index (χ0n) is 24.3. The number of nitrogens with zero attached hydrogens (tertiary/aromatic N) is 5. The van der Waals surface area contributed by atoms with Gasteiger partial charge in [-0.15, -0.1) is 6.42 Å². The Kier molecular flexibility index (Phi) is 6.83. The Balaban J connectivity index is 1.41. The molecule has 4 heterocycles. The van der Waals surface area contributed by atoms with Crippen molar-refractivity contribution in [3.05, 3.63) is 47.4 Å². The van der Waals surface area contributed by atoms with Crippen molar-refractivity contribution in [3.8, 4) is 35.2 Å². The van der Waals surface area contributed by atoms with Crippen LogP contribution < -0.4 is 15.0 Å². The second kappa shape index (κ2) is 10.6. The molecular formula is C33H34F2N6O2. The van der Waals surface area contributed by atoms with E-state index in [-0.39, 0.29) is 28.3 Å². The van der Waals surface area contributed by atoms with E-state index in [4.69, 9.17) is 26.1 Å². The van der Waals surface area contributed by atoms with E-state index in [2.05, 4.69) is 21.0 Å². The van der Waals surface area contributed by atoms with Crippen LogP contribution in [0.4, 0.5) is 14.6 Å². The molecule has 2 aromatic carbocycles. The molecular weight excluding hydrogens is 550 g/mol. The molecule has 1 unspecified atom stereocenters. The van der Waals surface area contributed by atoms with Crippen LogP contribution in [-0.4, -0.2) is 77.4 Å². The minimum absolute atomic E-state index is 0.0386. The zero-order chi connectivity index (χ0) is 29.9. The number of benzene rings is 2. The van der Waals surface area contributed by atoms with Gasteiger partial charge in [0.2, 0.25) is 0 Å². The van der Waals surface area contributed by atoms with Gasteiger partial charge in [0, 0.05) is 59.8 Å². The number of aromatic hydroxyl groups is 1.